The normalized spacial score (nSPS) is 18.1. The zero-order valence-corrected chi connectivity index (χ0v) is 19.6. The third kappa shape index (κ3) is 11.8. The molecular formula is C17H33F3IN5O2. The highest BCUT2D eigenvalue weighted by Crippen LogP contribution is 2.15. The molecule has 0 aromatic rings. The van der Waals surface area contributed by atoms with Gasteiger partial charge in [-0.25, -0.2) is 4.79 Å². The lowest BCUT2D eigenvalue weighted by molar-refractivity contribution is -0.143. The van der Waals surface area contributed by atoms with Crippen LogP contribution in [0.4, 0.5) is 18.0 Å². The van der Waals surface area contributed by atoms with Gasteiger partial charge in [0, 0.05) is 26.7 Å². The van der Waals surface area contributed by atoms with Crippen LogP contribution < -0.4 is 10.6 Å². The molecule has 1 fully saturated rings. The molecule has 0 bridgehead atoms. The number of alkyl carbamates (subject to hydrolysis) is 1. The minimum absolute atomic E-state index is 0. The van der Waals surface area contributed by atoms with Crippen LogP contribution in [-0.4, -0.2) is 86.5 Å². The van der Waals surface area contributed by atoms with Crippen LogP contribution >= 0.6 is 24.0 Å². The van der Waals surface area contributed by atoms with Crippen LogP contribution in [0.3, 0.4) is 0 Å². The second-order valence-corrected chi connectivity index (χ2v) is 7.76. The van der Waals surface area contributed by atoms with E-state index in [1.807, 2.05) is 25.7 Å². The molecule has 1 saturated heterocycles. The number of amides is 1. The number of alkyl halides is 3. The Kier molecular flexibility index (Phi) is 11.5. The van der Waals surface area contributed by atoms with Crippen molar-refractivity contribution in [1.29, 1.82) is 0 Å². The maximum Gasteiger partial charge on any atom is 0.407 e. The molecule has 0 aliphatic carbocycles. The molecule has 0 spiro atoms. The molecule has 0 saturated carbocycles. The topological polar surface area (TPSA) is 69.2 Å². The van der Waals surface area contributed by atoms with Crippen LogP contribution in [0.25, 0.3) is 0 Å². The maximum atomic E-state index is 12.3. The van der Waals surface area contributed by atoms with Gasteiger partial charge in [0.2, 0.25) is 0 Å². The fourth-order valence-electron chi connectivity index (χ4n) is 2.81. The fraction of sp³-hybridized carbons (Fsp3) is 0.882. The first-order valence-electron chi connectivity index (χ1n) is 9.10. The fourth-order valence-corrected chi connectivity index (χ4v) is 2.81. The van der Waals surface area contributed by atoms with Crippen LogP contribution in [0.5, 0.6) is 0 Å². The lowest BCUT2D eigenvalue weighted by Gasteiger charge is -2.24. The Bertz CT molecular complexity index is 512. The molecule has 0 aromatic carbocycles. The van der Waals surface area contributed by atoms with Crippen molar-refractivity contribution < 1.29 is 22.7 Å². The second kappa shape index (κ2) is 11.9. The van der Waals surface area contributed by atoms with Crippen molar-refractivity contribution in [2.75, 3.05) is 46.8 Å². The molecule has 1 aliphatic heterocycles. The molecule has 7 nitrogen and oxygen atoms in total. The van der Waals surface area contributed by atoms with Gasteiger partial charge in [0.05, 0.1) is 12.6 Å². The monoisotopic (exact) mass is 523 g/mol. The number of guanidine groups is 1. The Morgan fingerprint density at radius 3 is 2.50 bits per heavy atom. The van der Waals surface area contributed by atoms with Crippen molar-refractivity contribution in [2.24, 2.45) is 4.99 Å². The Morgan fingerprint density at radius 2 is 1.96 bits per heavy atom. The summed E-state index contributed by atoms with van der Waals surface area (Å²) < 4.78 is 42.2. The molecular weight excluding hydrogens is 490 g/mol. The highest BCUT2D eigenvalue weighted by Gasteiger charge is 2.29. The van der Waals surface area contributed by atoms with E-state index in [1.165, 1.54) is 11.9 Å². The quantitative estimate of drug-likeness (QED) is 0.243. The van der Waals surface area contributed by atoms with Crippen molar-refractivity contribution in [3.05, 3.63) is 0 Å². The van der Waals surface area contributed by atoms with Crippen LogP contribution in [0, 0.1) is 0 Å². The SMILES string of the molecule is CN=C(NCCCN(C)CC(F)(F)F)N1CCC(NC(=O)OC(C)(C)C)C1.I. The van der Waals surface area contributed by atoms with Crippen LogP contribution in [0.2, 0.25) is 0 Å². The van der Waals surface area contributed by atoms with Gasteiger partial charge in [-0.15, -0.1) is 24.0 Å². The third-order valence-electron chi connectivity index (χ3n) is 3.87. The summed E-state index contributed by atoms with van der Waals surface area (Å²) in [6.07, 6.45) is -3.28. The third-order valence-corrected chi connectivity index (χ3v) is 3.87. The minimum Gasteiger partial charge on any atom is -0.444 e. The van der Waals surface area contributed by atoms with Crippen molar-refractivity contribution in [3.63, 3.8) is 0 Å². The number of halogens is 4. The highest BCUT2D eigenvalue weighted by molar-refractivity contribution is 14.0. The summed E-state index contributed by atoms with van der Waals surface area (Å²) in [5.74, 6) is 0.682. The van der Waals surface area contributed by atoms with Gasteiger partial charge in [-0.2, -0.15) is 13.2 Å². The summed E-state index contributed by atoms with van der Waals surface area (Å²) in [6.45, 7) is 6.72. The van der Waals surface area contributed by atoms with E-state index in [4.69, 9.17) is 4.74 Å². The smallest absolute Gasteiger partial charge is 0.407 e. The summed E-state index contributed by atoms with van der Waals surface area (Å²) in [6, 6.07) is -0.0312. The van der Waals surface area contributed by atoms with E-state index in [1.54, 1.807) is 7.05 Å². The average molecular weight is 523 g/mol. The zero-order chi connectivity index (χ0) is 20.7. The summed E-state index contributed by atoms with van der Waals surface area (Å²) in [7, 11) is 3.11. The van der Waals surface area contributed by atoms with Crippen LogP contribution in [-0.2, 0) is 4.74 Å². The van der Waals surface area contributed by atoms with Crippen molar-refractivity contribution in [3.8, 4) is 0 Å². The van der Waals surface area contributed by atoms with Crippen molar-refractivity contribution >= 4 is 36.0 Å². The Balaban J connectivity index is 0.00000729. The van der Waals surface area contributed by atoms with E-state index < -0.39 is 24.4 Å². The molecule has 11 heteroatoms. The molecule has 0 radical (unpaired) electrons. The van der Waals surface area contributed by atoms with Gasteiger partial charge in [-0.3, -0.25) is 9.89 Å². The van der Waals surface area contributed by atoms with Gasteiger partial charge in [-0.1, -0.05) is 0 Å². The number of hydrogen-bond donors (Lipinski definition) is 2. The maximum absolute atomic E-state index is 12.3. The van der Waals surface area contributed by atoms with Gasteiger partial charge < -0.3 is 20.3 Å². The van der Waals surface area contributed by atoms with Gasteiger partial charge >= 0.3 is 12.3 Å². The van der Waals surface area contributed by atoms with Gasteiger partial charge in [-0.05, 0) is 47.2 Å². The van der Waals surface area contributed by atoms with E-state index in [2.05, 4.69) is 15.6 Å². The van der Waals surface area contributed by atoms with Gasteiger partial charge in [0.25, 0.3) is 0 Å². The molecule has 166 valence electrons. The Morgan fingerprint density at radius 1 is 1.32 bits per heavy atom. The van der Waals surface area contributed by atoms with Gasteiger partial charge in [0.15, 0.2) is 5.96 Å². The first-order valence-corrected chi connectivity index (χ1v) is 9.10. The van der Waals surface area contributed by atoms with Crippen molar-refractivity contribution in [2.45, 2.75) is 51.4 Å². The lowest BCUT2D eigenvalue weighted by Crippen LogP contribution is -2.44. The molecule has 28 heavy (non-hydrogen) atoms. The van der Waals surface area contributed by atoms with Crippen LogP contribution in [0.15, 0.2) is 4.99 Å². The molecule has 0 aromatic heterocycles. The lowest BCUT2D eigenvalue weighted by atomic mass is 10.2. The molecule has 1 atom stereocenters. The molecule has 1 aliphatic rings. The number of aliphatic imine (C=N–C) groups is 1. The standard InChI is InChI=1S/C17H32F3N5O2.HI/c1-16(2,3)27-15(26)23-13-7-10-25(11-13)14(21-4)22-8-6-9-24(5)12-17(18,19)20;/h13H,6-12H2,1-5H3,(H,21,22)(H,23,26);1H. The number of carbonyl (C=O) groups is 1. The second-order valence-electron chi connectivity index (χ2n) is 7.76. The minimum atomic E-state index is -4.18. The average Bonchev–Trinajstić information content (AvgIpc) is 2.91. The number of ether oxygens (including phenoxy) is 1. The van der Waals surface area contributed by atoms with E-state index in [0.717, 1.165) is 13.0 Å². The highest BCUT2D eigenvalue weighted by atomic mass is 127. The Labute approximate surface area is 182 Å². The largest absolute Gasteiger partial charge is 0.444 e. The summed E-state index contributed by atoms with van der Waals surface area (Å²) in [4.78, 5) is 19.3. The molecule has 1 heterocycles. The molecule has 1 amide bonds. The van der Waals surface area contributed by atoms with Gasteiger partial charge in [0.1, 0.15) is 5.60 Å². The van der Waals surface area contributed by atoms with E-state index in [9.17, 15) is 18.0 Å². The predicted octanol–water partition coefficient (Wildman–Crippen LogP) is 2.66. The predicted molar refractivity (Wildman–Crippen MR) is 114 cm³/mol. The first kappa shape index (κ1) is 27.0. The first-order chi connectivity index (χ1) is 12.4. The Hall–Kier alpha value is -0.980. The number of hydrogen-bond acceptors (Lipinski definition) is 4. The summed E-state index contributed by atoms with van der Waals surface area (Å²) in [5.41, 5.74) is -0.542. The molecule has 1 unspecified atom stereocenters. The number of nitrogens with one attached hydrogen (secondary N) is 2. The number of rotatable bonds is 6. The number of nitrogens with zero attached hydrogens (tertiary/aromatic N) is 3. The zero-order valence-electron chi connectivity index (χ0n) is 17.2. The van der Waals surface area contributed by atoms with E-state index in [-0.39, 0.29) is 30.0 Å². The molecule has 2 N–H and O–H groups in total. The summed E-state index contributed by atoms with van der Waals surface area (Å²) in [5, 5.41) is 6.02. The number of carbonyl (C=O) groups excluding carboxylic acids is 1. The molecule has 1 rings (SSSR count). The van der Waals surface area contributed by atoms with E-state index in [0.29, 0.717) is 32.0 Å². The summed E-state index contributed by atoms with van der Waals surface area (Å²) >= 11 is 0. The van der Waals surface area contributed by atoms with E-state index >= 15 is 0 Å². The van der Waals surface area contributed by atoms with Crippen LogP contribution in [0.1, 0.15) is 33.6 Å². The number of likely N-dealkylation sites (tertiary alicyclic amines) is 1. The van der Waals surface area contributed by atoms with Crippen molar-refractivity contribution in [1.82, 2.24) is 20.4 Å².